The van der Waals surface area contributed by atoms with Gasteiger partial charge in [-0.15, -0.1) is 0 Å². The summed E-state index contributed by atoms with van der Waals surface area (Å²) >= 11 is 0. The molecule has 2 aliphatic rings. The first-order valence-corrected chi connectivity index (χ1v) is 14.8. The van der Waals surface area contributed by atoms with Gasteiger partial charge >= 0.3 is 0 Å². The number of hydrogen-bond donors (Lipinski definition) is 3. The molecular weight excluding hydrogens is 536 g/mol. The highest BCUT2D eigenvalue weighted by atomic mass is 16.2. The summed E-state index contributed by atoms with van der Waals surface area (Å²) in [5, 5.41) is 7.13. The first kappa shape index (κ1) is 26.7. The molecule has 0 aliphatic carbocycles. The summed E-state index contributed by atoms with van der Waals surface area (Å²) in [6.45, 7) is 0.453. The maximum atomic E-state index is 14.2. The second kappa shape index (κ2) is 11.2. The van der Waals surface area contributed by atoms with E-state index in [0.29, 0.717) is 31.4 Å². The number of nitrogens with zero attached hydrogens (tertiary/aromatic N) is 1. The van der Waals surface area contributed by atoms with Crippen molar-refractivity contribution in [2.24, 2.45) is 0 Å². The van der Waals surface area contributed by atoms with Crippen LogP contribution in [0.2, 0.25) is 0 Å². The fraction of sp³-hybridized carbons (Fsp3) is 0.194. The molecule has 3 heterocycles. The van der Waals surface area contributed by atoms with Crippen LogP contribution in [0.5, 0.6) is 0 Å². The first-order valence-electron chi connectivity index (χ1n) is 14.8. The Hall–Kier alpha value is -5.17. The average Bonchev–Trinajstić information content (AvgIpc) is 3.56. The third-order valence-corrected chi connectivity index (χ3v) is 8.63. The lowest BCUT2D eigenvalue weighted by Gasteiger charge is -2.37. The molecule has 1 aromatic heterocycles. The van der Waals surface area contributed by atoms with E-state index < -0.39 is 18.1 Å². The largest absolute Gasteiger partial charge is 0.356 e. The van der Waals surface area contributed by atoms with Crippen molar-refractivity contribution in [2.45, 2.75) is 37.4 Å². The van der Waals surface area contributed by atoms with Gasteiger partial charge in [0.05, 0.1) is 6.04 Å². The highest BCUT2D eigenvalue weighted by molar-refractivity contribution is 6.04. The van der Waals surface area contributed by atoms with Gasteiger partial charge in [-0.25, -0.2) is 0 Å². The molecule has 3 atom stereocenters. The van der Waals surface area contributed by atoms with Crippen molar-refractivity contribution < 1.29 is 14.4 Å². The summed E-state index contributed by atoms with van der Waals surface area (Å²) in [6, 6.07) is 33.3. The van der Waals surface area contributed by atoms with Gasteiger partial charge in [-0.2, -0.15) is 0 Å². The molecule has 2 aliphatic heterocycles. The van der Waals surface area contributed by atoms with Crippen LogP contribution >= 0.6 is 0 Å². The number of H-pyrrole nitrogens is 1. The molecule has 0 saturated heterocycles. The Morgan fingerprint density at radius 2 is 1.51 bits per heavy atom. The number of carbonyl (C=O) groups excluding carboxylic acids is 3. The maximum Gasteiger partial charge on any atom is 0.255 e. The van der Waals surface area contributed by atoms with Crippen LogP contribution in [-0.2, 0) is 28.9 Å². The topological polar surface area (TPSA) is 94.3 Å². The van der Waals surface area contributed by atoms with E-state index in [9.17, 15) is 14.4 Å². The number of benzene rings is 4. The molecule has 3 amide bonds. The monoisotopic (exact) mass is 568 g/mol. The SMILES string of the molecule is O=C(NCCc1ccccc1)[C@H](Cc1ccccc1)NC(=O)[C@@H]1Cc2c([nH]c3ccccc23)C2c3ccccc3C(=O)N21. The zero-order valence-corrected chi connectivity index (χ0v) is 23.6. The predicted molar refractivity (Wildman–Crippen MR) is 165 cm³/mol. The van der Waals surface area contributed by atoms with Crippen LogP contribution in [0, 0.1) is 0 Å². The maximum absolute atomic E-state index is 14.2. The Morgan fingerprint density at radius 3 is 2.30 bits per heavy atom. The van der Waals surface area contributed by atoms with Gasteiger partial charge in [0.15, 0.2) is 0 Å². The molecule has 3 N–H and O–H groups in total. The molecule has 0 saturated carbocycles. The number of hydrogen-bond acceptors (Lipinski definition) is 3. The smallest absolute Gasteiger partial charge is 0.255 e. The molecule has 7 rings (SSSR count). The molecule has 0 spiro atoms. The van der Waals surface area contributed by atoms with Crippen LogP contribution in [0.4, 0.5) is 0 Å². The Bertz CT molecular complexity index is 1810. The minimum Gasteiger partial charge on any atom is -0.356 e. The molecule has 0 bridgehead atoms. The lowest BCUT2D eigenvalue weighted by molar-refractivity contribution is -0.132. The fourth-order valence-electron chi connectivity index (χ4n) is 6.56. The highest BCUT2D eigenvalue weighted by Crippen LogP contribution is 2.46. The summed E-state index contributed by atoms with van der Waals surface area (Å²) in [5.41, 5.74) is 6.52. The van der Waals surface area contributed by atoms with Crippen molar-refractivity contribution in [3.63, 3.8) is 0 Å². The Balaban J connectivity index is 1.18. The normalized spacial score (nSPS) is 17.6. The van der Waals surface area contributed by atoms with Crippen LogP contribution in [0.3, 0.4) is 0 Å². The Kier molecular flexibility index (Phi) is 6.99. The van der Waals surface area contributed by atoms with E-state index in [2.05, 4.69) is 21.7 Å². The van der Waals surface area contributed by atoms with E-state index in [4.69, 9.17) is 0 Å². The lowest BCUT2D eigenvalue weighted by atomic mass is 9.89. The van der Waals surface area contributed by atoms with Crippen molar-refractivity contribution in [1.29, 1.82) is 0 Å². The number of aromatic amines is 1. The highest BCUT2D eigenvalue weighted by Gasteiger charge is 2.49. The summed E-state index contributed by atoms with van der Waals surface area (Å²) in [5.74, 6) is -0.748. The van der Waals surface area contributed by atoms with E-state index in [1.165, 1.54) is 0 Å². The number of amides is 3. The molecular formula is C36H32N4O3. The van der Waals surface area contributed by atoms with Crippen molar-refractivity contribution >= 4 is 28.6 Å². The second-order valence-corrected chi connectivity index (χ2v) is 11.3. The molecule has 7 nitrogen and oxygen atoms in total. The average molecular weight is 569 g/mol. The second-order valence-electron chi connectivity index (χ2n) is 11.3. The van der Waals surface area contributed by atoms with E-state index in [-0.39, 0.29) is 17.7 Å². The molecule has 4 aromatic carbocycles. The molecule has 43 heavy (non-hydrogen) atoms. The summed E-state index contributed by atoms with van der Waals surface area (Å²) in [6.07, 6.45) is 1.38. The van der Waals surface area contributed by atoms with Crippen molar-refractivity contribution in [1.82, 2.24) is 20.5 Å². The van der Waals surface area contributed by atoms with Crippen LogP contribution in [-0.4, -0.2) is 46.2 Å². The molecule has 7 heteroatoms. The number of aromatic nitrogens is 1. The van der Waals surface area contributed by atoms with Gasteiger partial charge in [-0.3, -0.25) is 14.4 Å². The van der Waals surface area contributed by atoms with Gasteiger partial charge in [0.1, 0.15) is 12.1 Å². The Morgan fingerprint density at radius 1 is 0.837 bits per heavy atom. The van der Waals surface area contributed by atoms with Crippen LogP contribution in [0.1, 0.15) is 44.3 Å². The molecule has 1 unspecified atom stereocenters. The lowest BCUT2D eigenvalue weighted by Crippen LogP contribution is -2.57. The van der Waals surface area contributed by atoms with Gasteiger partial charge in [0.2, 0.25) is 11.8 Å². The Labute approximate surface area is 249 Å². The molecule has 214 valence electrons. The third kappa shape index (κ3) is 4.97. The summed E-state index contributed by atoms with van der Waals surface area (Å²) < 4.78 is 0. The minimum atomic E-state index is -0.798. The van der Waals surface area contributed by atoms with E-state index in [1.807, 2.05) is 103 Å². The van der Waals surface area contributed by atoms with Gasteiger partial charge in [-0.1, -0.05) is 97.1 Å². The standard InChI is InChI=1S/C36H32N4O3/c41-34(37-20-19-23-11-3-1-4-12-23)30(21-24-13-5-2-6-14-24)39-35(42)31-22-28-25-15-9-10-18-29(25)38-32(28)33-26-16-7-8-17-27(26)36(43)40(31)33/h1-18,30-31,33,38H,19-22H2,(H,37,41)(H,39,42)/t30-,31-,33?/m0/s1. The fourth-order valence-corrected chi connectivity index (χ4v) is 6.56. The number of fused-ring (bicyclic) bond motifs is 7. The summed E-state index contributed by atoms with van der Waals surface area (Å²) in [7, 11) is 0. The van der Waals surface area contributed by atoms with Gasteiger partial charge in [0, 0.05) is 41.5 Å². The minimum absolute atomic E-state index is 0.169. The predicted octanol–water partition coefficient (Wildman–Crippen LogP) is 4.72. The van der Waals surface area contributed by atoms with Crippen LogP contribution in [0.15, 0.2) is 109 Å². The van der Waals surface area contributed by atoms with E-state index in [1.54, 1.807) is 4.90 Å². The molecule has 0 fully saturated rings. The number of carbonyl (C=O) groups is 3. The van der Waals surface area contributed by atoms with Gasteiger partial charge < -0.3 is 20.5 Å². The van der Waals surface area contributed by atoms with Gasteiger partial charge in [-0.05, 0) is 40.8 Å². The molecule has 5 aromatic rings. The zero-order chi connectivity index (χ0) is 29.3. The van der Waals surface area contributed by atoms with Crippen molar-refractivity contribution in [2.75, 3.05) is 6.54 Å². The van der Waals surface area contributed by atoms with Crippen LogP contribution in [0.25, 0.3) is 10.9 Å². The first-order chi connectivity index (χ1) is 21.1. The third-order valence-electron chi connectivity index (χ3n) is 8.63. The summed E-state index contributed by atoms with van der Waals surface area (Å²) in [4.78, 5) is 46.8. The number of para-hydroxylation sites is 1. The quantitative estimate of drug-likeness (QED) is 0.253. The molecule has 0 radical (unpaired) electrons. The van der Waals surface area contributed by atoms with Gasteiger partial charge in [0.25, 0.3) is 5.91 Å². The van der Waals surface area contributed by atoms with Crippen molar-refractivity contribution in [3.05, 3.63) is 143 Å². The van der Waals surface area contributed by atoms with E-state index in [0.717, 1.165) is 38.9 Å². The zero-order valence-electron chi connectivity index (χ0n) is 23.6. The van der Waals surface area contributed by atoms with Crippen LogP contribution < -0.4 is 10.6 Å². The number of rotatable bonds is 8. The number of nitrogens with one attached hydrogen (secondary N) is 3. The van der Waals surface area contributed by atoms with E-state index >= 15 is 0 Å². The van der Waals surface area contributed by atoms with Crippen molar-refractivity contribution in [3.8, 4) is 0 Å².